The maximum Gasteiger partial charge on any atom is 0.471 e. The van der Waals surface area contributed by atoms with Crippen LogP contribution in [0.2, 0.25) is 0 Å². The van der Waals surface area contributed by atoms with Gasteiger partial charge < -0.3 is 19.6 Å². The summed E-state index contributed by atoms with van der Waals surface area (Å²) >= 11 is 0. The molecule has 1 heterocycles. The van der Waals surface area contributed by atoms with Crippen LogP contribution in [0.25, 0.3) is 0 Å². The molecule has 1 aliphatic heterocycles. The number of nitrogens with one attached hydrogen (secondary N) is 1. The minimum absolute atomic E-state index is 0.148. The van der Waals surface area contributed by atoms with Crippen molar-refractivity contribution in [3.63, 3.8) is 0 Å². The van der Waals surface area contributed by atoms with Crippen LogP contribution in [-0.2, 0) is 19.1 Å². The molecule has 1 spiro atoms. The van der Waals surface area contributed by atoms with E-state index < -0.39 is 23.4 Å². The number of halogens is 3. The van der Waals surface area contributed by atoms with Crippen LogP contribution >= 0.6 is 0 Å². The third-order valence-electron chi connectivity index (χ3n) is 3.89. The van der Waals surface area contributed by atoms with Crippen molar-refractivity contribution < 1.29 is 32.2 Å². The van der Waals surface area contributed by atoms with Crippen LogP contribution in [0.15, 0.2) is 0 Å². The summed E-state index contributed by atoms with van der Waals surface area (Å²) in [6, 6.07) is 0. The Morgan fingerprint density at radius 2 is 1.70 bits per heavy atom. The van der Waals surface area contributed by atoms with E-state index in [1.54, 1.807) is 0 Å². The third-order valence-corrected chi connectivity index (χ3v) is 3.89. The van der Waals surface area contributed by atoms with Crippen molar-refractivity contribution >= 4 is 12.2 Å². The van der Waals surface area contributed by atoms with Gasteiger partial charge in [0.1, 0.15) is 6.29 Å². The fourth-order valence-electron chi connectivity index (χ4n) is 2.75. The highest BCUT2D eigenvalue weighted by molar-refractivity contribution is 5.82. The standard InChI is InChI=1S/C12H16F3NO4/c13-12(14,15)9(18)16-10(5-6-17)1-3-11(4-2-10)19-7-8-20-11/h6H,1-5,7-8H2,(H,16,18). The van der Waals surface area contributed by atoms with Crippen LogP contribution in [0, 0.1) is 0 Å². The number of hydrogen-bond donors (Lipinski definition) is 1. The maximum absolute atomic E-state index is 12.4. The van der Waals surface area contributed by atoms with Crippen molar-refractivity contribution in [2.45, 2.75) is 49.6 Å². The average molecular weight is 295 g/mol. The Balaban J connectivity index is 2.04. The summed E-state index contributed by atoms with van der Waals surface area (Å²) in [6.07, 6.45) is -3.42. The first-order valence-electron chi connectivity index (χ1n) is 6.42. The van der Waals surface area contributed by atoms with Crippen LogP contribution in [0.5, 0.6) is 0 Å². The van der Waals surface area contributed by atoms with Gasteiger partial charge in [0.2, 0.25) is 0 Å². The van der Waals surface area contributed by atoms with Gasteiger partial charge in [-0.25, -0.2) is 0 Å². The second-order valence-corrected chi connectivity index (χ2v) is 5.21. The van der Waals surface area contributed by atoms with E-state index in [0.717, 1.165) is 0 Å². The van der Waals surface area contributed by atoms with E-state index >= 15 is 0 Å². The molecule has 0 unspecified atom stereocenters. The number of rotatable bonds is 3. The predicted octanol–water partition coefficient (Wildman–Crippen LogP) is 1.31. The monoisotopic (exact) mass is 295 g/mol. The molecule has 1 aliphatic carbocycles. The number of alkyl halides is 3. The van der Waals surface area contributed by atoms with Gasteiger partial charge in [-0.2, -0.15) is 13.2 Å². The zero-order chi connectivity index (χ0) is 14.9. The van der Waals surface area contributed by atoms with Gasteiger partial charge in [0, 0.05) is 24.8 Å². The van der Waals surface area contributed by atoms with Gasteiger partial charge in [-0.1, -0.05) is 0 Å². The fourth-order valence-corrected chi connectivity index (χ4v) is 2.75. The molecule has 0 aromatic rings. The lowest BCUT2D eigenvalue weighted by molar-refractivity contribution is -0.193. The summed E-state index contributed by atoms with van der Waals surface area (Å²) in [7, 11) is 0. The zero-order valence-electron chi connectivity index (χ0n) is 10.8. The summed E-state index contributed by atoms with van der Waals surface area (Å²) < 4.78 is 48.0. The molecule has 20 heavy (non-hydrogen) atoms. The summed E-state index contributed by atoms with van der Waals surface area (Å²) in [5.41, 5.74) is -1.16. The molecule has 8 heteroatoms. The van der Waals surface area contributed by atoms with Gasteiger partial charge in [0.05, 0.1) is 13.2 Å². The lowest BCUT2D eigenvalue weighted by atomic mass is 9.76. The second kappa shape index (κ2) is 5.33. The van der Waals surface area contributed by atoms with Crippen molar-refractivity contribution in [2.24, 2.45) is 0 Å². The quantitative estimate of drug-likeness (QED) is 0.797. The highest BCUT2D eigenvalue weighted by atomic mass is 19.4. The molecule has 0 bridgehead atoms. The first-order valence-corrected chi connectivity index (χ1v) is 6.42. The molecule has 0 aromatic heterocycles. The molecule has 5 nitrogen and oxygen atoms in total. The lowest BCUT2D eigenvalue weighted by Crippen LogP contribution is -2.57. The number of amides is 1. The second-order valence-electron chi connectivity index (χ2n) is 5.21. The third kappa shape index (κ3) is 3.12. The SMILES string of the molecule is O=CCC1(NC(=O)C(F)(F)F)CCC2(CC1)OCCO2. The Morgan fingerprint density at radius 3 is 2.15 bits per heavy atom. The van der Waals surface area contributed by atoms with Crippen LogP contribution in [-0.4, -0.2) is 42.9 Å². The van der Waals surface area contributed by atoms with Crippen LogP contribution in [0.4, 0.5) is 13.2 Å². The first-order chi connectivity index (χ1) is 9.31. The molecular formula is C12H16F3NO4. The first kappa shape index (κ1) is 15.2. The number of ether oxygens (including phenoxy) is 2. The Hall–Kier alpha value is -1.15. The van der Waals surface area contributed by atoms with E-state index in [-0.39, 0.29) is 19.3 Å². The van der Waals surface area contributed by atoms with E-state index in [1.165, 1.54) is 0 Å². The Labute approximate surface area is 113 Å². The van der Waals surface area contributed by atoms with Gasteiger partial charge >= 0.3 is 12.1 Å². The number of carbonyl (C=O) groups is 2. The Kier molecular flexibility index (Phi) is 4.06. The zero-order valence-corrected chi connectivity index (χ0v) is 10.8. The van der Waals surface area contributed by atoms with Crippen LogP contribution in [0.3, 0.4) is 0 Å². The molecule has 1 saturated carbocycles. The molecule has 114 valence electrons. The van der Waals surface area contributed by atoms with Crippen molar-refractivity contribution in [1.82, 2.24) is 5.32 Å². The summed E-state index contributed by atoms with van der Waals surface area (Å²) in [5, 5.41) is 1.97. The summed E-state index contributed by atoms with van der Waals surface area (Å²) in [5.74, 6) is -2.77. The topological polar surface area (TPSA) is 64.6 Å². The molecular weight excluding hydrogens is 279 g/mol. The van der Waals surface area contributed by atoms with Gasteiger partial charge in [0.15, 0.2) is 5.79 Å². The number of hydrogen-bond acceptors (Lipinski definition) is 4. The van der Waals surface area contributed by atoms with E-state index in [2.05, 4.69) is 0 Å². The van der Waals surface area contributed by atoms with E-state index in [0.29, 0.717) is 32.3 Å². The molecule has 1 N–H and O–H groups in total. The van der Waals surface area contributed by atoms with Crippen LogP contribution < -0.4 is 5.32 Å². The molecule has 2 aliphatic rings. The van der Waals surface area contributed by atoms with Crippen molar-refractivity contribution in [3.8, 4) is 0 Å². The van der Waals surface area contributed by atoms with Gasteiger partial charge in [-0.05, 0) is 12.8 Å². The van der Waals surface area contributed by atoms with E-state index in [9.17, 15) is 22.8 Å². The fraction of sp³-hybridized carbons (Fsp3) is 0.833. The average Bonchev–Trinajstić information content (AvgIpc) is 2.81. The van der Waals surface area contributed by atoms with Crippen molar-refractivity contribution in [3.05, 3.63) is 0 Å². The van der Waals surface area contributed by atoms with Gasteiger partial charge in [-0.3, -0.25) is 4.79 Å². The lowest BCUT2D eigenvalue weighted by Gasteiger charge is -2.43. The number of aldehydes is 1. The summed E-state index contributed by atoms with van der Waals surface area (Å²) in [6.45, 7) is 0.908. The van der Waals surface area contributed by atoms with Gasteiger partial charge in [0.25, 0.3) is 0 Å². The highest BCUT2D eigenvalue weighted by Crippen LogP contribution is 2.41. The smallest absolute Gasteiger partial charge is 0.348 e. The van der Waals surface area contributed by atoms with Crippen LogP contribution in [0.1, 0.15) is 32.1 Å². The normalized spacial score (nSPS) is 24.6. The molecule has 1 amide bonds. The van der Waals surface area contributed by atoms with Crippen molar-refractivity contribution in [1.29, 1.82) is 0 Å². The van der Waals surface area contributed by atoms with E-state index in [1.807, 2.05) is 5.32 Å². The van der Waals surface area contributed by atoms with E-state index in [4.69, 9.17) is 9.47 Å². The minimum atomic E-state index is -4.95. The molecule has 2 fully saturated rings. The highest BCUT2D eigenvalue weighted by Gasteiger charge is 2.49. The molecule has 2 rings (SSSR count). The largest absolute Gasteiger partial charge is 0.471 e. The molecule has 0 atom stereocenters. The molecule has 0 aromatic carbocycles. The molecule has 1 saturated heterocycles. The predicted molar refractivity (Wildman–Crippen MR) is 60.7 cm³/mol. The van der Waals surface area contributed by atoms with Crippen molar-refractivity contribution in [2.75, 3.05) is 13.2 Å². The Bertz CT molecular complexity index is 381. The van der Waals surface area contributed by atoms with Gasteiger partial charge in [-0.15, -0.1) is 0 Å². The minimum Gasteiger partial charge on any atom is -0.348 e. The Morgan fingerprint density at radius 1 is 1.15 bits per heavy atom. The number of carbonyl (C=O) groups excluding carboxylic acids is 2. The maximum atomic E-state index is 12.4. The summed E-state index contributed by atoms with van der Waals surface area (Å²) in [4.78, 5) is 21.8. The molecule has 0 radical (unpaired) electrons.